The van der Waals surface area contributed by atoms with Gasteiger partial charge in [-0.05, 0) is 25.0 Å². The molecule has 0 N–H and O–H groups in total. The number of rotatable bonds is 3. The number of alkyl halides is 3. The van der Waals surface area contributed by atoms with E-state index in [1.807, 2.05) is 0 Å². The highest BCUT2D eigenvalue weighted by Gasteiger charge is 2.41. The molecule has 1 aliphatic rings. The van der Waals surface area contributed by atoms with Gasteiger partial charge in [0, 0.05) is 6.54 Å². The van der Waals surface area contributed by atoms with E-state index in [2.05, 4.69) is 0 Å². The maximum atomic E-state index is 13.0. The number of halogens is 3. The molecule has 1 aromatic carbocycles. The van der Waals surface area contributed by atoms with Crippen molar-refractivity contribution >= 4 is 16.3 Å². The van der Waals surface area contributed by atoms with Crippen LogP contribution in [0.1, 0.15) is 24.8 Å². The van der Waals surface area contributed by atoms with Crippen LogP contribution in [0.25, 0.3) is 0 Å². The van der Waals surface area contributed by atoms with Gasteiger partial charge in [0.2, 0.25) is 10.0 Å². The third-order valence-electron chi connectivity index (χ3n) is 3.43. The highest BCUT2D eigenvalue weighted by molar-refractivity contribution is 7.89. The number of benzene rings is 1. The quantitative estimate of drug-likeness (QED) is 0.804. The van der Waals surface area contributed by atoms with E-state index >= 15 is 0 Å². The summed E-state index contributed by atoms with van der Waals surface area (Å²) >= 11 is 0. The molecule has 1 atom stereocenters. The first-order chi connectivity index (χ1) is 9.78. The van der Waals surface area contributed by atoms with Gasteiger partial charge in [-0.3, -0.25) is 0 Å². The first kappa shape index (κ1) is 16.0. The van der Waals surface area contributed by atoms with E-state index in [1.165, 1.54) is 6.07 Å². The molecule has 1 unspecified atom stereocenters. The van der Waals surface area contributed by atoms with E-state index in [0.717, 1.165) is 22.5 Å². The second kappa shape index (κ2) is 5.76. The molecule has 2 rings (SSSR count). The third kappa shape index (κ3) is 3.11. The van der Waals surface area contributed by atoms with E-state index < -0.39 is 32.7 Å². The highest BCUT2D eigenvalue weighted by Crippen LogP contribution is 2.36. The lowest BCUT2D eigenvalue weighted by atomic mass is 10.1. The molecule has 0 amide bonds. The van der Waals surface area contributed by atoms with Crippen molar-refractivity contribution < 1.29 is 26.4 Å². The number of piperidine rings is 1. The Bertz CT molecular complexity index is 628. The van der Waals surface area contributed by atoms with Crippen molar-refractivity contribution in [2.24, 2.45) is 0 Å². The Labute approximate surface area is 120 Å². The standard InChI is InChI=1S/C13H14F3NO3S/c14-13(15,16)11-6-1-2-7-12(11)21(19,20)17-8-4-3-5-10(17)9-18/h1-2,6-7,9-10H,3-5,8H2. The summed E-state index contributed by atoms with van der Waals surface area (Å²) in [4.78, 5) is 10.2. The zero-order valence-corrected chi connectivity index (χ0v) is 11.8. The molecule has 0 aliphatic carbocycles. The Morgan fingerprint density at radius 1 is 1.19 bits per heavy atom. The van der Waals surface area contributed by atoms with Crippen LogP contribution in [0.4, 0.5) is 13.2 Å². The lowest BCUT2D eigenvalue weighted by molar-refractivity contribution is -0.139. The van der Waals surface area contributed by atoms with Crippen molar-refractivity contribution in [2.45, 2.75) is 36.4 Å². The Hall–Kier alpha value is -1.41. The summed E-state index contributed by atoms with van der Waals surface area (Å²) in [7, 11) is -4.36. The highest BCUT2D eigenvalue weighted by atomic mass is 32.2. The fourth-order valence-corrected chi connectivity index (χ4v) is 4.26. The van der Waals surface area contributed by atoms with Crippen LogP contribution in [0, 0.1) is 0 Å². The van der Waals surface area contributed by atoms with Crippen LogP contribution in [0.3, 0.4) is 0 Å². The number of hydrogen-bond acceptors (Lipinski definition) is 3. The van der Waals surface area contributed by atoms with Gasteiger partial charge in [0.05, 0.1) is 16.5 Å². The molecule has 4 nitrogen and oxygen atoms in total. The minimum Gasteiger partial charge on any atom is -0.302 e. The van der Waals surface area contributed by atoms with Gasteiger partial charge < -0.3 is 4.79 Å². The molecule has 116 valence electrons. The Balaban J connectivity index is 2.52. The summed E-state index contributed by atoms with van der Waals surface area (Å²) in [5.41, 5.74) is -1.21. The maximum absolute atomic E-state index is 13.0. The number of carbonyl (C=O) groups excluding carboxylic acids is 1. The molecule has 1 aromatic rings. The van der Waals surface area contributed by atoms with Gasteiger partial charge in [-0.2, -0.15) is 17.5 Å². The van der Waals surface area contributed by atoms with Crippen molar-refractivity contribution in [1.29, 1.82) is 0 Å². The first-order valence-electron chi connectivity index (χ1n) is 6.42. The lowest BCUT2D eigenvalue weighted by Gasteiger charge is -2.31. The Morgan fingerprint density at radius 3 is 2.48 bits per heavy atom. The van der Waals surface area contributed by atoms with E-state index in [4.69, 9.17) is 0 Å². The van der Waals surface area contributed by atoms with Gasteiger partial charge in [0.25, 0.3) is 0 Å². The minimum atomic E-state index is -4.77. The second-order valence-corrected chi connectivity index (χ2v) is 6.67. The summed E-state index contributed by atoms with van der Waals surface area (Å²) in [6.07, 6.45) is -2.76. The number of carbonyl (C=O) groups is 1. The minimum absolute atomic E-state index is 0.0535. The number of nitrogens with zero attached hydrogens (tertiary/aromatic N) is 1. The zero-order chi connectivity index (χ0) is 15.7. The maximum Gasteiger partial charge on any atom is 0.417 e. The molecule has 21 heavy (non-hydrogen) atoms. The van der Waals surface area contributed by atoms with Crippen LogP contribution in [0.5, 0.6) is 0 Å². The normalized spacial score (nSPS) is 21.2. The Kier molecular flexibility index (Phi) is 4.38. The average molecular weight is 321 g/mol. The molecule has 0 radical (unpaired) electrons. The van der Waals surface area contributed by atoms with Crippen molar-refractivity contribution in [1.82, 2.24) is 4.31 Å². The predicted octanol–water partition coefficient (Wildman–Crippen LogP) is 2.45. The summed E-state index contributed by atoms with van der Waals surface area (Å²) in [5.74, 6) is 0. The van der Waals surface area contributed by atoms with Gasteiger partial charge >= 0.3 is 6.18 Å². The molecule has 0 saturated carbocycles. The molecule has 1 heterocycles. The molecule has 0 spiro atoms. The topological polar surface area (TPSA) is 54.5 Å². The van der Waals surface area contributed by atoms with Crippen molar-refractivity contribution in [3.8, 4) is 0 Å². The van der Waals surface area contributed by atoms with Crippen molar-refractivity contribution in [2.75, 3.05) is 6.54 Å². The smallest absolute Gasteiger partial charge is 0.302 e. The van der Waals surface area contributed by atoms with Crippen molar-refractivity contribution in [3.05, 3.63) is 29.8 Å². The summed E-state index contributed by atoms with van der Waals surface area (Å²) in [6.45, 7) is 0.0535. The van der Waals surface area contributed by atoms with Gasteiger partial charge in [-0.1, -0.05) is 18.6 Å². The third-order valence-corrected chi connectivity index (χ3v) is 5.42. The van der Waals surface area contributed by atoms with E-state index in [-0.39, 0.29) is 6.54 Å². The zero-order valence-electron chi connectivity index (χ0n) is 11.0. The van der Waals surface area contributed by atoms with Crippen LogP contribution in [-0.2, 0) is 21.0 Å². The molecule has 1 saturated heterocycles. The predicted molar refractivity (Wildman–Crippen MR) is 69.0 cm³/mol. The lowest BCUT2D eigenvalue weighted by Crippen LogP contribution is -2.44. The first-order valence-corrected chi connectivity index (χ1v) is 7.86. The van der Waals surface area contributed by atoms with Crippen LogP contribution < -0.4 is 0 Å². The molecular weight excluding hydrogens is 307 g/mol. The van der Waals surface area contributed by atoms with Crippen LogP contribution in [0.15, 0.2) is 29.2 Å². The van der Waals surface area contributed by atoms with Crippen LogP contribution in [-0.4, -0.2) is 31.6 Å². The van der Waals surface area contributed by atoms with Gasteiger partial charge in [-0.15, -0.1) is 0 Å². The fourth-order valence-electron chi connectivity index (χ4n) is 2.42. The largest absolute Gasteiger partial charge is 0.417 e. The summed E-state index contributed by atoms with van der Waals surface area (Å²) in [5, 5.41) is 0. The SMILES string of the molecule is O=CC1CCCCN1S(=O)(=O)c1ccccc1C(F)(F)F. The van der Waals surface area contributed by atoms with Crippen LogP contribution >= 0.6 is 0 Å². The van der Waals surface area contributed by atoms with E-state index in [1.54, 1.807) is 0 Å². The number of sulfonamides is 1. The molecule has 1 fully saturated rings. The van der Waals surface area contributed by atoms with E-state index in [0.29, 0.717) is 25.5 Å². The van der Waals surface area contributed by atoms with Gasteiger partial charge in [-0.25, -0.2) is 8.42 Å². The summed E-state index contributed by atoms with van der Waals surface area (Å²) in [6, 6.07) is 3.13. The van der Waals surface area contributed by atoms with Crippen molar-refractivity contribution in [3.63, 3.8) is 0 Å². The second-order valence-electron chi connectivity index (χ2n) is 4.81. The molecule has 1 aliphatic heterocycles. The molecule has 0 aromatic heterocycles. The number of hydrogen-bond donors (Lipinski definition) is 0. The molecule has 8 heteroatoms. The van der Waals surface area contributed by atoms with Gasteiger partial charge in [0.1, 0.15) is 6.29 Å². The monoisotopic (exact) mass is 321 g/mol. The average Bonchev–Trinajstić information content (AvgIpc) is 2.46. The summed E-state index contributed by atoms with van der Waals surface area (Å²) < 4.78 is 64.8. The van der Waals surface area contributed by atoms with Crippen LogP contribution in [0.2, 0.25) is 0 Å². The van der Waals surface area contributed by atoms with E-state index in [9.17, 15) is 26.4 Å². The molecular formula is C13H14F3NO3S. The number of aldehydes is 1. The fraction of sp³-hybridized carbons (Fsp3) is 0.462. The van der Waals surface area contributed by atoms with Gasteiger partial charge in [0.15, 0.2) is 0 Å². The Morgan fingerprint density at radius 2 is 1.86 bits per heavy atom. The molecule has 0 bridgehead atoms.